The molecule has 1 atom stereocenters. The number of nitrogens with zero attached hydrogens (tertiary/aromatic N) is 2. The summed E-state index contributed by atoms with van der Waals surface area (Å²) in [4.78, 5) is 24.9. The van der Waals surface area contributed by atoms with Crippen molar-refractivity contribution < 1.29 is 9.72 Å². The second kappa shape index (κ2) is 6.89. The fourth-order valence-corrected chi connectivity index (χ4v) is 2.60. The van der Waals surface area contributed by atoms with Crippen LogP contribution >= 0.6 is 11.6 Å². The zero-order valence-electron chi connectivity index (χ0n) is 13.0. The molecule has 0 N–H and O–H groups in total. The van der Waals surface area contributed by atoms with E-state index in [-0.39, 0.29) is 28.7 Å². The first kappa shape index (κ1) is 17.4. The predicted molar refractivity (Wildman–Crippen MR) is 83.9 cm³/mol. The molecule has 1 aromatic carbocycles. The van der Waals surface area contributed by atoms with Crippen LogP contribution in [0.4, 0.5) is 5.69 Å². The molecule has 0 aliphatic rings. The number of rotatable bonds is 5. The van der Waals surface area contributed by atoms with Crippen molar-refractivity contribution in [3.8, 4) is 0 Å². The molecule has 116 valence electrons. The third-order valence-electron chi connectivity index (χ3n) is 3.58. The maximum absolute atomic E-state index is 12.8. The lowest BCUT2D eigenvalue weighted by Crippen LogP contribution is -2.43. The minimum Gasteiger partial charge on any atom is -0.334 e. The van der Waals surface area contributed by atoms with Gasteiger partial charge < -0.3 is 4.90 Å². The first-order chi connectivity index (χ1) is 9.70. The summed E-state index contributed by atoms with van der Waals surface area (Å²) < 4.78 is 0. The minimum absolute atomic E-state index is 0.0154. The Morgan fingerprint density at radius 2 is 1.95 bits per heavy atom. The summed E-state index contributed by atoms with van der Waals surface area (Å²) in [7, 11) is 0. The van der Waals surface area contributed by atoms with E-state index in [1.165, 1.54) is 12.1 Å². The Labute approximate surface area is 130 Å². The quantitative estimate of drug-likeness (QED) is 0.604. The molecule has 0 fully saturated rings. The first-order valence-electron chi connectivity index (χ1n) is 6.97. The van der Waals surface area contributed by atoms with E-state index in [9.17, 15) is 14.9 Å². The van der Waals surface area contributed by atoms with E-state index in [4.69, 9.17) is 11.6 Å². The smallest absolute Gasteiger partial charge is 0.288 e. The maximum Gasteiger partial charge on any atom is 0.288 e. The Kier molecular flexibility index (Phi) is 5.72. The zero-order valence-corrected chi connectivity index (χ0v) is 13.8. The van der Waals surface area contributed by atoms with Crippen LogP contribution in [-0.4, -0.2) is 27.8 Å². The second-order valence-electron chi connectivity index (χ2n) is 5.44. The van der Waals surface area contributed by atoms with Crippen LogP contribution in [0, 0.1) is 17.0 Å². The van der Waals surface area contributed by atoms with Gasteiger partial charge in [0.1, 0.15) is 5.02 Å². The Balaban J connectivity index is 3.34. The van der Waals surface area contributed by atoms with Gasteiger partial charge in [-0.25, -0.2) is 0 Å². The average molecular weight is 313 g/mol. The summed E-state index contributed by atoms with van der Waals surface area (Å²) in [6.45, 7) is 9.58. The van der Waals surface area contributed by atoms with Gasteiger partial charge in [-0.1, -0.05) is 18.5 Å². The number of amides is 1. The van der Waals surface area contributed by atoms with Gasteiger partial charge in [0, 0.05) is 23.7 Å². The van der Waals surface area contributed by atoms with Crippen molar-refractivity contribution in [1.82, 2.24) is 4.90 Å². The van der Waals surface area contributed by atoms with Crippen LogP contribution in [-0.2, 0) is 0 Å². The highest BCUT2D eigenvalue weighted by Crippen LogP contribution is 2.29. The Morgan fingerprint density at radius 3 is 2.38 bits per heavy atom. The number of hydrogen-bond acceptors (Lipinski definition) is 3. The summed E-state index contributed by atoms with van der Waals surface area (Å²) in [5, 5.41) is 11.0. The number of hydrogen-bond donors (Lipinski definition) is 0. The molecule has 1 aromatic rings. The highest BCUT2D eigenvalue weighted by molar-refractivity contribution is 6.32. The van der Waals surface area contributed by atoms with Crippen molar-refractivity contribution in [3.63, 3.8) is 0 Å². The van der Waals surface area contributed by atoms with E-state index in [1.807, 2.05) is 27.7 Å². The predicted octanol–water partition coefficient (Wildman–Crippen LogP) is 4.21. The topological polar surface area (TPSA) is 63.5 Å². The van der Waals surface area contributed by atoms with Gasteiger partial charge in [0.15, 0.2) is 0 Å². The fraction of sp³-hybridized carbons (Fsp3) is 0.533. The SMILES string of the molecule is CC[C@@H](C)N(C(=O)c1cc([N+](=O)[O-])c(Cl)cc1C)C(C)C. The van der Waals surface area contributed by atoms with Crippen LogP contribution in [0.2, 0.25) is 5.02 Å². The Hall–Kier alpha value is -1.62. The molecule has 6 heteroatoms. The molecule has 0 aliphatic carbocycles. The van der Waals surface area contributed by atoms with E-state index in [2.05, 4.69) is 0 Å². The van der Waals surface area contributed by atoms with Gasteiger partial charge in [-0.15, -0.1) is 0 Å². The van der Waals surface area contributed by atoms with Crippen LogP contribution in [0.3, 0.4) is 0 Å². The van der Waals surface area contributed by atoms with Crippen molar-refractivity contribution in [1.29, 1.82) is 0 Å². The van der Waals surface area contributed by atoms with Crippen molar-refractivity contribution in [2.45, 2.75) is 53.1 Å². The molecule has 0 unspecified atom stereocenters. The lowest BCUT2D eigenvalue weighted by Gasteiger charge is -2.33. The van der Waals surface area contributed by atoms with E-state index in [1.54, 1.807) is 11.8 Å². The molecule has 5 nitrogen and oxygen atoms in total. The molecule has 0 spiro atoms. The molecule has 0 aliphatic heterocycles. The van der Waals surface area contributed by atoms with Gasteiger partial charge >= 0.3 is 0 Å². The summed E-state index contributed by atoms with van der Waals surface area (Å²) in [6, 6.07) is 2.83. The molecule has 1 rings (SSSR count). The van der Waals surface area contributed by atoms with Crippen LogP contribution in [0.1, 0.15) is 50.0 Å². The van der Waals surface area contributed by atoms with Crippen molar-refractivity contribution in [3.05, 3.63) is 38.4 Å². The van der Waals surface area contributed by atoms with Gasteiger partial charge in [-0.3, -0.25) is 14.9 Å². The summed E-state index contributed by atoms with van der Waals surface area (Å²) in [5.74, 6) is -0.198. The average Bonchev–Trinajstić information content (AvgIpc) is 2.37. The Bertz CT molecular complexity index is 558. The third-order valence-corrected chi connectivity index (χ3v) is 3.88. The van der Waals surface area contributed by atoms with E-state index < -0.39 is 4.92 Å². The van der Waals surface area contributed by atoms with Crippen molar-refractivity contribution in [2.75, 3.05) is 0 Å². The largest absolute Gasteiger partial charge is 0.334 e. The van der Waals surface area contributed by atoms with Crippen LogP contribution < -0.4 is 0 Å². The number of carbonyl (C=O) groups is 1. The van der Waals surface area contributed by atoms with Crippen molar-refractivity contribution in [2.24, 2.45) is 0 Å². The molecule has 0 heterocycles. The Morgan fingerprint density at radius 1 is 1.38 bits per heavy atom. The van der Waals surface area contributed by atoms with E-state index >= 15 is 0 Å². The minimum atomic E-state index is -0.568. The lowest BCUT2D eigenvalue weighted by atomic mass is 10.0. The van der Waals surface area contributed by atoms with Gasteiger partial charge in [-0.2, -0.15) is 0 Å². The van der Waals surface area contributed by atoms with Gasteiger partial charge in [-0.05, 0) is 45.7 Å². The molecule has 0 aromatic heterocycles. The molecule has 1 amide bonds. The van der Waals surface area contributed by atoms with Gasteiger partial charge in [0.05, 0.1) is 4.92 Å². The molecule has 0 radical (unpaired) electrons. The second-order valence-corrected chi connectivity index (χ2v) is 5.85. The molecule has 21 heavy (non-hydrogen) atoms. The lowest BCUT2D eigenvalue weighted by molar-refractivity contribution is -0.384. The summed E-state index contributed by atoms with van der Waals surface area (Å²) in [6.07, 6.45) is 0.818. The number of nitro benzene ring substituents is 1. The number of carbonyl (C=O) groups excluding carboxylic acids is 1. The molecular formula is C15H21ClN2O3. The highest BCUT2D eigenvalue weighted by atomic mass is 35.5. The summed E-state index contributed by atoms with van der Waals surface area (Å²) >= 11 is 5.87. The molecule has 0 bridgehead atoms. The van der Waals surface area contributed by atoms with E-state index in [0.717, 1.165) is 6.42 Å². The highest BCUT2D eigenvalue weighted by Gasteiger charge is 2.27. The molecule has 0 saturated heterocycles. The zero-order chi connectivity index (χ0) is 16.3. The monoisotopic (exact) mass is 312 g/mol. The number of nitro groups is 1. The third kappa shape index (κ3) is 3.73. The van der Waals surface area contributed by atoms with E-state index in [0.29, 0.717) is 11.1 Å². The van der Waals surface area contributed by atoms with Gasteiger partial charge in [0.25, 0.3) is 11.6 Å². The van der Waals surface area contributed by atoms with Crippen LogP contribution in [0.25, 0.3) is 0 Å². The first-order valence-corrected chi connectivity index (χ1v) is 7.35. The number of benzene rings is 1. The molecule has 0 saturated carbocycles. The number of halogens is 1. The maximum atomic E-state index is 12.8. The van der Waals surface area contributed by atoms with Crippen molar-refractivity contribution >= 4 is 23.2 Å². The standard InChI is InChI=1S/C15H21ClN2O3/c1-6-11(5)17(9(2)3)15(19)12-8-14(18(20)21)13(16)7-10(12)4/h7-9,11H,6H2,1-5H3/t11-/m1/s1. The number of aryl methyl sites for hydroxylation is 1. The van der Waals surface area contributed by atoms with Crippen LogP contribution in [0.5, 0.6) is 0 Å². The fourth-order valence-electron chi connectivity index (χ4n) is 2.31. The van der Waals surface area contributed by atoms with Crippen LogP contribution in [0.15, 0.2) is 12.1 Å². The van der Waals surface area contributed by atoms with Gasteiger partial charge in [0.2, 0.25) is 0 Å². The summed E-state index contributed by atoms with van der Waals surface area (Å²) in [5.41, 5.74) is 0.739. The normalized spacial score (nSPS) is 12.3. The molecular weight excluding hydrogens is 292 g/mol.